The summed E-state index contributed by atoms with van der Waals surface area (Å²) in [6.07, 6.45) is 1.32. The number of amides is 3. The third-order valence-corrected chi connectivity index (χ3v) is 9.56. The average molecular weight is 639 g/mol. The largest absolute Gasteiger partial charge is 0.492 e. The number of hydrazine groups is 1. The lowest BCUT2D eigenvalue weighted by Crippen LogP contribution is -2.48. The molecule has 224 valence electrons. The number of fused-ring (bicyclic) bond motifs is 1. The molecule has 0 atom stereocenters. The minimum atomic E-state index is -0.427. The monoisotopic (exact) mass is 638 g/mol. The maximum atomic E-state index is 12.6. The molecule has 1 N–H and O–H groups in total. The van der Waals surface area contributed by atoms with Crippen LogP contribution in [0.1, 0.15) is 19.4 Å². The zero-order chi connectivity index (χ0) is 29.4. The summed E-state index contributed by atoms with van der Waals surface area (Å²) >= 11 is 3.07. The Morgan fingerprint density at radius 1 is 1.05 bits per heavy atom. The van der Waals surface area contributed by atoms with Crippen LogP contribution in [-0.4, -0.2) is 81.8 Å². The first-order chi connectivity index (χ1) is 20.3. The standard InChI is InChI=1S/C30H30N6O4S2.ClH/c1-18-17-24(38)36(30(18)39)33-28-25-19(2)26(42-29(25)32-27(31-28)23-5-4-16-41-23)21-6-8-22(9-7-21)40-15-14-34-10-12-35(13-11-34)20(3)37;/h4-9,16-17H,10-15H2,1-3H3,(H,31,32,33);1H. The number of aryl methyl sites for hydroxylation is 1. The van der Waals surface area contributed by atoms with Gasteiger partial charge in [-0.2, -0.15) is 5.01 Å². The van der Waals surface area contributed by atoms with Crippen molar-refractivity contribution in [3.8, 4) is 26.9 Å². The number of nitrogens with one attached hydrogen (secondary N) is 1. The number of imide groups is 1. The van der Waals surface area contributed by atoms with Crippen LogP contribution in [-0.2, 0) is 14.4 Å². The lowest BCUT2D eigenvalue weighted by Gasteiger charge is -2.34. The Bertz CT molecular complexity index is 1700. The molecule has 43 heavy (non-hydrogen) atoms. The van der Waals surface area contributed by atoms with Crippen molar-refractivity contribution >= 4 is 68.8 Å². The van der Waals surface area contributed by atoms with Crippen LogP contribution >= 0.6 is 35.1 Å². The Morgan fingerprint density at radius 3 is 2.42 bits per heavy atom. The second kappa shape index (κ2) is 12.8. The van der Waals surface area contributed by atoms with Crippen LogP contribution in [0.15, 0.2) is 53.4 Å². The van der Waals surface area contributed by atoms with Gasteiger partial charge in [0.2, 0.25) is 5.91 Å². The maximum absolute atomic E-state index is 12.6. The van der Waals surface area contributed by atoms with Gasteiger partial charge in [-0.05, 0) is 60.7 Å². The first-order valence-corrected chi connectivity index (χ1v) is 15.4. The molecule has 4 aromatic rings. The second-order valence-electron chi connectivity index (χ2n) is 10.2. The summed E-state index contributed by atoms with van der Waals surface area (Å²) in [4.78, 5) is 53.1. The van der Waals surface area contributed by atoms with Crippen molar-refractivity contribution in [2.75, 3.05) is 44.8 Å². The van der Waals surface area contributed by atoms with Crippen molar-refractivity contribution in [1.29, 1.82) is 0 Å². The number of carbonyl (C=O) groups is 3. The molecule has 1 aromatic carbocycles. The molecule has 0 bridgehead atoms. The molecule has 3 aromatic heterocycles. The lowest BCUT2D eigenvalue weighted by atomic mass is 10.1. The molecule has 0 spiro atoms. The van der Waals surface area contributed by atoms with E-state index in [1.807, 2.05) is 53.6 Å². The third kappa shape index (κ3) is 6.28. The minimum absolute atomic E-state index is 0. The number of anilines is 1. The quantitative estimate of drug-likeness (QED) is 0.269. The van der Waals surface area contributed by atoms with E-state index >= 15 is 0 Å². The van der Waals surface area contributed by atoms with Gasteiger partial charge in [-0.3, -0.25) is 24.7 Å². The number of benzene rings is 1. The summed E-state index contributed by atoms with van der Waals surface area (Å²) < 4.78 is 6.02. The van der Waals surface area contributed by atoms with Crippen molar-refractivity contribution in [3.05, 3.63) is 59.0 Å². The SMILES string of the molecule is CC(=O)N1CCN(CCOc2ccc(-c3sc4nc(-c5cccs5)nc(NN5C(=O)C=C(C)C5=O)c4c3C)cc2)CC1.Cl. The smallest absolute Gasteiger partial charge is 0.275 e. The lowest BCUT2D eigenvalue weighted by molar-refractivity contribution is -0.135. The molecule has 5 heterocycles. The average Bonchev–Trinajstić information content (AvgIpc) is 3.70. The number of carbonyl (C=O) groups excluding carboxylic acids is 3. The van der Waals surface area contributed by atoms with Crippen molar-refractivity contribution in [1.82, 2.24) is 24.8 Å². The highest BCUT2D eigenvalue weighted by molar-refractivity contribution is 7.22. The van der Waals surface area contributed by atoms with Gasteiger partial charge < -0.3 is 9.64 Å². The number of ether oxygens (including phenoxy) is 1. The van der Waals surface area contributed by atoms with Gasteiger partial charge in [0.1, 0.15) is 17.2 Å². The molecule has 0 radical (unpaired) electrons. The Kier molecular flexibility index (Phi) is 9.11. The van der Waals surface area contributed by atoms with Gasteiger partial charge in [0, 0.05) is 56.2 Å². The highest BCUT2D eigenvalue weighted by Gasteiger charge is 2.30. The van der Waals surface area contributed by atoms with Crippen molar-refractivity contribution in [3.63, 3.8) is 0 Å². The van der Waals surface area contributed by atoms with E-state index in [0.717, 1.165) is 74.6 Å². The number of piperazine rings is 1. The first-order valence-electron chi connectivity index (χ1n) is 13.7. The fraction of sp³-hybridized carbons (Fsp3) is 0.300. The van der Waals surface area contributed by atoms with Crippen molar-refractivity contribution in [2.45, 2.75) is 20.8 Å². The first kappa shape index (κ1) is 30.6. The predicted molar refractivity (Wildman–Crippen MR) is 172 cm³/mol. The van der Waals surface area contributed by atoms with Gasteiger partial charge in [-0.25, -0.2) is 9.97 Å². The van der Waals surface area contributed by atoms with Crippen LogP contribution in [0.5, 0.6) is 5.75 Å². The van der Waals surface area contributed by atoms with E-state index in [9.17, 15) is 14.4 Å². The van der Waals surface area contributed by atoms with E-state index < -0.39 is 11.8 Å². The number of rotatable bonds is 8. The molecule has 1 fully saturated rings. The van der Waals surface area contributed by atoms with E-state index in [1.54, 1.807) is 25.2 Å². The summed E-state index contributed by atoms with van der Waals surface area (Å²) in [6.45, 7) is 9.85. The second-order valence-corrected chi connectivity index (χ2v) is 12.2. The molecule has 2 aliphatic heterocycles. The molecular weight excluding hydrogens is 608 g/mol. The third-order valence-electron chi connectivity index (χ3n) is 7.46. The molecule has 0 aliphatic carbocycles. The number of nitrogens with zero attached hydrogens (tertiary/aromatic N) is 5. The van der Waals surface area contributed by atoms with Crippen LogP contribution in [0.25, 0.3) is 31.4 Å². The predicted octanol–water partition coefficient (Wildman–Crippen LogP) is 5.00. The van der Waals surface area contributed by atoms with Crippen LogP contribution < -0.4 is 10.2 Å². The molecule has 13 heteroatoms. The van der Waals surface area contributed by atoms with Crippen LogP contribution in [0.4, 0.5) is 5.82 Å². The van der Waals surface area contributed by atoms with Crippen molar-refractivity contribution in [2.24, 2.45) is 0 Å². The fourth-order valence-corrected chi connectivity index (χ4v) is 6.94. The number of thiophene rings is 2. The normalized spacial score (nSPS) is 15.6. The molecular formula is C30H31ClN6O4S2. The molecule has 10 nitrogen and oxygen atoms in total. The summed E-state index contributed by atoms with van der Waals surface area (Å²) in [5, 5.41) is 3.73. The van der Waals surface area contributed by atoms with Gasteiger partial charge in [-0.15, -0.1) is 35.1 Å². The highest BCUT2D eigenvalue weighted by Crippen LogP contribution is 2.42. The molecule has 2 aliphatic rings. The highest BCUT2D eigenvalue weighted by atomic mass is 35.5. The van der Waals surface area contributed by atoms with Gasteiger partial charge in [0.15, 0.2) is 11.6 Å². The van der Waals surface area contributed by atoms with E-state index in [4.69, 9.17) is 14.7 Å². The molecule has 3 amide bonds. The Hall–Kier alpha value is -3.84. The summed E-state index contributed by atoms with van der Waals surface area (Å²) in [5.74, 6) is 1.04. The number of halogens is 1. The molecule has 6 rings (SSSR count). The Labute approximate surface area is 263 Å². The van der Waals surface area contributed by atoms with Gasteiger partial charge in [-0.1, -0.05) is 6.07 Å². The van der Waals surface area contributed by atoms with Crippen LogP contribution in [0, 0.1) is 6.92 Å². The fourth-order valence-electron chi connectivity index (χ4n) is 5.09. The molecule has 1 saturated heterocycles. The zero-order valence-corrected chi connectivity index (χ0v) is 26.4. The topological polar surface area (TPSA) is 108 Å². The minimum Gasteiger partial charge on any atom is -0.492 e. The Morgan fingerprint density at radius 2 is 1.79 bits per heavy atom. The summed E-state index contributed by atoms with van der Waals surface area (Å²) in [6, 6.07) is 11.9. The van der Waals surface area contributed by atoms with E-state index in [-0.39, 0.29) is 18.3 Å². The summed E-state index contributed by atoms with van der Waals surface area (Å²) in [7, 11) is 0. The van der Waals surface area contributed by atoms with E-state index in [0.29, 0.717) is 23.8 Å². The number of hydrogen-bond acceptors (Lipinski definition) is 10. The zero-order valence-electron chi connectivity index (χ0n) is 24.0. The van der Waals surface area contributed by atoms with Crippen LogP contribution in [0.2, 0.25) is 0 Å². The number of hydrogen-bond donors (Lipinski definition) is 1. The van der Waals surface area contributed by atoms with Gasteiger partial charge >= 0.3 is 0 Å². The van der Waals surface area contributed by atoms with Gasteiger partial charge in [0.05, 0.1) is 10.3 Å². The van der Waals surface area contributed by atoms with Crippen molar-refractivity contribution < 1.29 is 19.1 Å². The van der Waals surface area contributed by atoms with Gasteiger partial charge in [0.25, 0.3) is 11.8 Å². The maximum Gasteiger partial charge on any atom is 0.275 e. The Balaban J connectivity index is 0.00000368. The number of aromatic nitrogens is 2. The van der Waals surface area contributed by atoms with E-state index in [2.05, 4.69) is 10.3 Å². The van der Waals surface area contributed by atoms with Crippen LogP contribution in [0.3, 0.4) is 0 Å². The molecule has 0 saturated carbocycles. The van der Waals surface area contributed by atoms with E-state index in [1.165, 1.54) is 17.4 Å². The summed E-state index contributed by atoms with van der Waals surface area (Å²) in [5.41, 5.74) is 5.33. The molecule has 0 unspecified atom stereocenters.